The molecule has 0 spiro atoms. The summed E-state index contributed by atoms with van der Waals surface area (Å²) in [6, 6.07) is 10.4. The number of nitrogens with zero attached hydrogens (tertiary/aromatic N) is 2. The van der Waals surface area contributed by atoms with Crippen LogP contribution in [0.1, 0.15) is 46.6 Å². The average molecular weight is 375 g/mol. The van der Waals surface area contributed by atoms with Gasteiger partial charge in [0, 0.05) is 23.1 Å². The van der Waals surface area contributed by atoms with Gasteiger partial charge in [0.05, 0.1) is 17.2 Å². The molecule has 2 rings (SSSR count). The number of aromatic nitrogens is 1. The van der Waals surface area contributed by atoms with E-state index >= 15 is 0 Å². The predicted octanol–water partition coefficient (Wildman–Crippen LogP) is 5.07. The van der Waals surface area contributed by atoms with E-state index < -0.39 is 0 Å². The van der Waals surface area contributed by atoms with Crippen molar-refractivity contribution in [1.29, 1.82) is 0 Å². The van der Waals surface area contributed by atoms with Crippen LogP contribution in [0.5, 0.6) is 0 Å². The molecule has 5 heteroatoms. The summed E-state index contributed by atoms with van der Waals surface area (Å²) in [6.07, 6.45) is 3.67. The highest BCUT2D eigenvalue weighted by molar-refractivity contribution is 7.98. The summed E-state index contributed by atoms with van der Waals surface area (Å²) in [4.78, 5) is 21.9. The summed E-state index contributed by atoms with van der Waals surface area (Å²) >= 11 is 1.81. The standard InChI is InChI=1S/C21H30N2O2S/c1-16(2)10-19(23(15-24)25-21(3,4)5)14-26-13-17-11-18-8-6-7-9-20(18)22-12-17/h6-9,11-12,15-16,19H,10,13-14H2,1-5H3. The maximum Gasteiger partial charge on any atom is 0.233 e. The van der Waals surface area contributed by atoms with E-state index in [-0.39, 0.29) is 11.6 Å². The fraction of sp³-hybridized carbons (Fsp3) is 0.524. The van der Waals surface area contributed by atoms with Gasteiger partial charge >= 0.3 is 0 Å². The second-order valence-electron chi connectivity index (χ2n) is 8.00. The lowest BCUT2D eigenvalue weighted by molar-refractivity contribution is -0.230. The topological polar surface area (TPSA) is 42.4 Å². The van der Waals surface area contributed by atoms with Crippen molar-refractivity contribution in [3.63, 3.8) is 0 Å². The Kier molecular flexibility index (Phi) is 7.47. The van der Waals surface area contributed by atoms with Crippen molar-refractivity contribution in [3.8, 4) is 0 Å². The number of hydrogen-bond acceptors (Lipinski definition) is 4. The fourth-order valence-electron chi connectivity index (χ4n) is 2.80. The van der Waals surface area contributed by atoms with Crippen LogP contribution in [0.3, 0.4) is 0 Å². The zero-order chi connectivity index (χ0) is 19.2. The van der Waals surface area contributed by atoms with Crippen molar-refractivity contribution in [2.24, 2.45) is 5.92 Å². The van der Waals surface area contributed by atoms with Crippen LogP contribution in [0.25, 0.3) is 10.9 Å². The Morgan fingerprint density at radius 2 is 2.00 bits per heavy atom. The molecule has 1 heterocycles. The van der Waals surface area contributed by atoms with E-state index in [1.54, 1.807) is 0 Å². The molecule has 0 N–H and O–H groups in total. The Hall–Kier alpha value is -1.59. The molecule has 0 aliphatic heterocycles. The van der Waals surface area contributed by atoms with E-state index in [0.717, 1.165) is 35.2 Å². The van der Waals surface area contributed by atoms with Crippen molar-refractivity contribution < 1.29 is 9.63 Å². The van der Waals surface area contributed by atoms with Crippen LogP contribution in [-0.2, 0) is 15.4 Å². The molecular weight excluding hydrogens is 344 g/mol. The minimum atomic E-state index is -0.386. The number of fused-ring (bicyclic) bond motifs is 1. The van der Waals surface area contributed by atoms with Crippen LogP contribution in [0, 0.1) is 5.92 Å². The number of amides is 1. The highest BCUT2D eigenvalue weighted by atomic mass is 32.2. The van der Waals surface area contributed by atoms with E-state index in [1.165, 1.54) is 10.6 Å². The molecule has 1 atom stereocenters. The number of pyridine rings is 1. The Bertz CT molecular complexity index is 712. The SMILES string of the molecule is CC(C)CC(CSCc1cnc2ccccc2c1)N(C=O)OC(C)(C)C. The second kappa shape index (κ2) is 9.38. The van der Waals surface area contributed by atoms with Crippen LogP contribution in [0.2, 0.25) is 0 Å². The van der Waals surface area contributed by atoms with Crippen LogP contribution < -0.4 is 0 Å². The van der Waals surface area contributed by atoms with Crippen LogP contribution in [-0.4, -0.2) is 33.9 Å². The number of rotatable bonds is 9. The number of carbonyl (C=O) groups excluding carboxylic acids is 1. The molecule has 0 bridgehead atoms. The fourth-order valence-corrected chi connectivity index (χ4v) is 3.86. The number of hydroxylamine groups is 2. The lowest BCUT2D eigenvalue weighted by Crippen LogP contribution is -2.42. The number of para-hydroxylation sites is 1. The third-order valence-corrected chi connectivity index (χ3v) is 4.97. The summed E-state index contributed by atoms with van der Waals surface area (Å²) < 4.78 is 0. The number of thioether (sulfide) groups is 1. The van der Waals surface area contributed by atoms with Crippen LogP contribution in [0.4, 0.5) is 0 Å². The van der Waals surface area contributed by atoms with Gasteiger partial charge < -0.3 is 0 Å². The van der Waals surface area contributed by atoms with E-state index in [4.69, 9.17) is 4.84 Å². The first kappa shape index (κ1) is 20.7. The van der Waals surface area contributed by atoms with Gasteiger partial charge in [0.1, 0.15) is 0 Å². The molecular formula is C21H30N2O2S. The molecule has 1 amide bonds. The van der Waals surface area contributed by atoms with Crippen LogP contribution in [0.15, 0.2) is 36.5 Å². The summed E-state index contributed by atoms with van der Waals surface area (Å²) in [7, 11) is 0. The Labute approximate surface area is 161 Å². The molecule has 0 saturated heterocycles. The van der Waals surface area contributed by atoms with Gasteiger partial charge in [-0.1, -0.05) is 32.0 Å². The number of carbonyl (C=O) groups is 1. The summed E-state index contributed by atoms with van der Waals surface area (Å²) in [5.41, 5.74) is 1.83. The van der Waals surface area contributed by atoms with E-state index in [1.807, 2.05) is 56.9 Å². The first-order valence-corrected chi connectivity index (χ1v) is 10.3. The maximum absolute atomic E-state index is 11.6. The van der Waals surface area contributed by atoms with E-state index in [2.05, 4.69) is 31.0 Å². The van der Waals surface area contributed by atoms with Gasteiger partial charge in [-0.3, -0.25) is 14.6 Å². The molecule has 0 fully saturated rings. The Morgan fingerprint density at radius 1 is 1.27 bits per heavy atom. The third kappa shape index (κ3) is 6.61. The second-order valence-corrected chi connectivity index (χ2v) is 9.03. The van der Waals surface area contributed by atoms with Crippen molar-refractivity contribution in [2.75, 3.05) is 5.75 Å². The van der Waals surface area contributed by atoms with Gasteiger partial charge in [0.25, 0.3) is 0 Å². The molecule has 0 saturated carbocycles. The molecule has 0 aliphatic rings. The van der Waals surface area contributed by atoms with Gasteiger partial charge in [-0.25, -0.2) is 5.06 Å². The molecule has 0 aliphatic carbocycles. The largest absolute Gasteiger partial charge is 0.276 e. The number of hydrogen-bond donors (Lipinski definition) is 0. The molecule has 0 radical (unpaired) electrons. The molecule has 4 nitrogen and oxygen atoms in total. The average Bonchev–Trinajstić information content (AvgIpc) is 2.57. The Morgan fingerprint density at radius 3 is 2.65 bits per heavy atom. The van der Waals surface area contributed by atoms with E-state index in [0.29, 0.717) is 5.92 Å². The predicted molar refractivity (Wildman–Crippen MR) is 110 cm³/mol. The molecule has 1 unspecified atom stereocenters. The smallest absolute Gasteiger partial charge is 0.233 e. The van der Waals surface area contributed by atoms with Crippen molar-refractivity contribution in [2.45, 2.75) is 58.4 Å². The van der Waals surface area contributed by atoms with Crippen molar-refractivity contribution >= 4 is 29.1 Å². The summed E-state index contributed by atoms with van der Waals surface area (Å²) in [5, 5.41) is 2.67. The first-order chi connectivity index (χ1) is 12.3. The Balaban J connectivity index is 1.99. The minimum Gasteiger partial charge on any atom is -0.276 e. The van der Waals surface area contributed by atoms with Crippen molar-refractivity contribution in [1.82, 2.24) is 10.0 Å². The van der Waals surface area contributed by atoms with Gasteiger partial charge in [-0.05, 0) is 50.8 Å². The highest BCUT2D eigenvalue weighted by Crippen LogP contribution is 2.23. The third-order valence-electron chi connectivity index (χ3n) is 3.81. The normalized spacial score (nSPS) is 13.2. The lowest BCUT2D eigenvalue weighted by Gasteiger charge is -2.33. The van der Waals surface area contributed by atoms with Crippen LogP contribution >= 0.6 is 11.8 Å². The summed E-state index contributed by atoms with van der Waals surface area (Å²) in [5.74, 6) is 2.20. The molecule has 2 aromatic rings. The zero-order valence-corrected chi connectivity index (χ0v) is 17.3. The first-order valence-electron chi connectivity index (χ1n) is 9.12. The lowest BCUT2D eigenvalue weighted by atomic mass is 10.1. The zero-order valence-electron chi connectivity index (χ0n) is 16.4. The van der Waals surface area contributed by atoms with Gasteiger partial charge in [-0.15, -0.1) is 0 Å². The van der Waals surface area contributed by atoms with Crippen molar-refractivity contribution in [3.05, 3.63) is 42.1 Å². The van der Waals surface area contributed by atoms with E-state index in [9.17, 15) is 4.79 Å². The maximum atomic E-state index is 11.6. The monoisotopic (exact) mass is 374 g/mol. The molecule has 1 aromatic carbocycles. The summed E-state index contributed by atoms with van der Waals surface area (Å²) in [6.45, 7) is 10.2. The van der Waals surface area contributed by atoms with Gasteiger partial charge in [-0.2, -0.15) is 11.8 Å². The molecule has 1 aromatic heterocycles. The molecule has 142 valence electrons. The molecule has 26 heavy (non-hydrogen) atoms. The van der Waals surface area contributed by atoms with Gasteiger partial charge in [0.15, 0.2) is 0 Å². The van der Waals surface area contributed by atoms with Gasteiger partial charge in [0.2, 0.25) is 6.41 Å². The highest BCUT2D eigenvalue weighted by Gasteiger charge is 2.24. The minimum absolute atomic E-state index is 0.0603. The number of benzene rings is 1. The quantitative estimate of drug-likeness (QED) is 0.454.